The molecule has 0 radical (unpaired) electrons. The number of halogens is 3. The van der Waals surface area contributed by atoms with Gasteiger partial charge in [-0.1, -0.05) is 77.3 Å². The molecule has 0 spiro atoms. The Labute approximate surface area is 252 Å². The van der Waals surface area contributed by atoms with Crippen molar-refractivity contribution in [3.63, 3.8) is 0 Å². The fourth-order valence-corrected chi connectivity index (χ4v) is 4.13. The molecular weight excluding hydrogens is 561 g/mol. The molecule has 0 saturated carbocycles. The lowest BCUT2D eigenvalue weighted by Crippen LogP contribution is -2.24. The largest absolute Gasteiger partial charge is 0.508 e. The van der Waals surface area contributed by atoms with Gasteiger partial charge in [-0.05, 0) is 54.8 Å². The lowest BCUT2D eigenvalue weighted by molar-refractivity contribution is -0.224. The van der Waals surface area contributed by atoms with Crippen molar-refractivity contribution >= 4 is 5.97 Å². The van der Waals surface area contributed by atoms with Crippen molar-refractivity contribution in [1.29, 1.82) is 0 Å². The molecule has 3 rings (SSSR count). The summed E-state index contributed by atoms with van der Waals surface area (Å²) in [6.07, 6.45) is 7.74. The van der Waals surface area contributed by atoms with Crippen LogP contribution in [0, 0.1) is 0 Å². The van der Waals surface area contributed by atoms with Crippen molar-refractivity contribution < 1.29 is 37.7 Å². The van der Waals surface area contributed by atoms with Gasteiger partial charge in [-0.15, -0.1) is 0 Å². The number of unbranched alkanes of at least 4 members (excludes halogenated alkanes) is 8. The van der Waals surface area contributed by atoms with Crippen LogP contribution in [0.25, 0.3) is 11.4 Å². The number of aromatic nitrogens is 2. The fraction of sp³-hybridized carbons (Fsp3) is 0.485. The van der Waals surface area contributed by atoms with E-state index in [0.717, 1.165) is 55.5 Å². The van der Waals surface area contributed by atoms with Crippen molar-refractivity contribution in [2.75, 3.05) is 13.2 Å². The minimum Gasteiger partial charge on any atom is -0.508 e. The van der Waals surface area contributed by atoms with Crippen molar-refractivity contribution in [3.8, 4) is 22.9 Å². The Balaban J connectivity index is 0.000000301. The van der Waals surface area contributed by atoms with Gasteiger partial charge in [0.05, 0.1) is 24.6 Å². The minimum atomic E-state index is -4.52. The lowest BCUT2D eigenvalue weighted by atomic mass is 10.1. The zero-order valence-electron chi connectivity index (χ0n) is 25.0. The second-order valence-corrected chi connectivity index (χ2v) is 10.2. The summed E-state index contributed by atoms with van der Waals surface area (Å²) in [4.78, 5) is 19.3. The van der Waals surface area contributed by atoms with E-state index in [0.29, 0.717) is 24.6 Å². The molecule has 3 aromatic rings. The van der Waals surface area contributed by atoms with Gasteiger partial charge in [0.2, 0.25) is 0 Å². The molecule has 10 heteroatoms. The van der Waals surface area contributed by atoms with Crippen LogP contribution < -0.4 is 4.74 Å². The summed E-state index contributed by atoms with van der Waals surface area (Å²) in [6, 6.07) is 11.4. The Morgan fingerprint density at radius 1 is 0.791 bits per heavy atom. The number of nitrogens with zero attached hydrogens (tertiary/aromatic N) is 2. The number of benzene rings is 2. The molecule has 0 bridgehead atoms. The summed E-state index contributed by atoms with van der Waals surface area (Å²) in [5.41, 5.74) is 0.742. The predicted molar refractivity (Wildman–Crippen MR) is 160 cm³/mol. The van der Waals surface area contributed by atoms with E-state index >= 15 is 0 Å². The number of hydrogen-bond donors (Lipinski definition) is 2. The monoisotopic (exact) mass is 604 g/mol. The number of carboxylic acids is 1. The van der Waals surface area contributed by atoms with Gasteiger partial charge in [-0.25, -0.2) is 14.8 Å². The van der Waals surface area contributed by atoms with E-state index in [4.69, 9.17) is 14.6 Å². The number of rotatable bonds is 17. The van der Waals surface area contributed by atoms with Crippen LogP contribution in [0.5, 0.6) is 11.5 Å². The Kier molecular flexibility index (Phi) is 16.1. The summed E-state index contributed by atoms with van der Waals surface area (Å²) < 4.78 is 49.6. The first-order valence-corrected chi connectivity index (χ1v) is 14.9. The highest BCUT2D eigenvalue weighted by molar-refractivity contribution is 5.87. The molecule has 0 saturated heterocycles. The first-order valence-electron chi connectivity index (χ1n) is 14.9. The molecule has 1 atom stereocenters. The number of phenolic OH excluding ortho intramolecular Hbond substituents is 1. The first-order chi connectivity index (χ1) is 20.7. The average Bonchev–Trinajstić information content (AvgIpc) is 2.99. The molecule has 2 aromatic carbocycles. The second-order valence-electron chi connectivity index (χ2n) is 10.2. The standard InChI is InChI=1S/C18H24N2O2.C15H19F3O3/c1-2-3-4-5-6-7-12-22-17-13-19-18(20-14-17)15-8-10-16(21)11-9-15;1-2-3-4-5-10-21-13(15(16,17)18)11-6-8-12(9-7-11)14(19)20/h8-11,13-14,21H,2-7,12H2,1H3;6-9,13H,2-5,10H2,1H3,(H,19,20). The number of ether oxygens (including phenoxy) is 2. The maximum Gasteiger partial charge on any atom is 0.418 e. The van der Waals surface area contributed by atoms with E-state index < -0.39 is 18.2 Å². The fourth-order valence-electron chi connectivity index (χ4n) is 4.13. The van der Waals surface area contributed by atoms with Gasteiger partial charge in [-0.2, -0.15) is 13.2 Å². The Morgan fingerprint density at radius 2 is 1.33 bits per heavy atom. The third kappa shape index (κ3) is 13.9. The van der Waals surface area contributed by atoms with Gasteiger partial charge in [0, 0.05) is 12.2 Å². The maximum absolute atomic E-state index is 13.0. The predicted octanol–water partition coefficient (Wildman–Crippen LogP) is 9.17. The molecule has 0 aliphatic rings. The highest BCUT2D eigenvalue weighted by Gasteiger charge is 2.41. The Morgan fingerprint density at radius 3 is 1.88 bits per heavy atom. The third-order valence-corrected chi connectivity index (χ3v) is 6.56. The SMILES string of the molecule is CCCCCCCCOc1cnc(-c2ccc(O)cc2)nc1.CCCCCCOC(c1ccc(C(=O)O)cc1)C(F)(F)F. The van der Waals surface area contributed by atoms with E-state index in [-0.39, 0.29) is 23.5 Å². The molecule has 1 aromatic heterocycles. The normalized spacial score (nSPS) is 11.8. The molecule has 1 unspecified atom stereocenters. The van der Waals surface area contributed by atoms with E-state index in [1.54, 1.807) is 36.7 Å². The van der Waals surface area contributed by atoms with Crippen LogP contribution in [0.3, 0.4) is 0 Å². The summed E-state index contributed by atoms with van der Waals surface area (Å²) in [5.74, 6) is 0.399. The molecule has 2 N–H and O–H groups in total. The van der Waals surface area contributed by atoms with Gasteiger partial charge in [-0.3, -0.25) is 0 Å². The number of carbonyl (C=O) groups is 1. The summed E-state index contributed by atoms with van der Waals surface area (Å²) >= 11 is 0. The molecule has 0 amide bonds. The molecule has 0 fully saturated rings. The van der Waals surface area contributed by atoms with Crippen LogP contribution in [0.1, 0.15) is 100 Å². The van der Waals surface area contributed by atoms with E-state index in [1.165, 1.54) is 32.1 Å². The number of phenols is 1. The molecule has 43 heavy (non-hydrogen) atoms. The lowest BCUT2D eigenvalue weighted by Gasteiger charge is -2.21. The van der Waals surface area contributed by atoms with Crippen LogP contribution in [-0.4, -0.2) is 45.5 Å². The van der Waals surface area contributed by atoms with E-state index in [2.05, 4.69) is 16.9 Å². The van der Waals surface area contributed by atoms with Crippen molar-refractivity contribution in [3.05, 3.63) is 72.1 Å². The zero-order valence-corrected chi connectivity index (χ0v) is 25.0. The average molecular weight is 605 g/mol. The van der Waals surface area contributed by atoms with Crippen molar-refractivity contribution in [2.24, 2.45) is 0 Å². The maximum atomic E-state index is 13.0. The molecule has 0 aliphatic carbocycles. The van der Waals surface area contributed by atoms with Gasteiger partial charge in [0.1, 0.15) is 5.75 Å². The topological polar surface area (TPSA) is 102 Å². The molecule has 236 valence electrons. The number of aromatic hydroxyl groups is 1. The minimum absolute atomic E-state index is 0.0326. The van der Waals surface area contributed by atoms with Crippen LogP contribution in [0.2, 0.25) is 0 Å². The molecule has 7 nitrogen and oxygen atoms in total. The highest BCUT2D eigenvalue weighted by Crippen LogP contribution is 2.36. The van der Waals surface area contributed by atoms with Crippen LogP contribution in [0.15, 0.2) is 60.9 Å². The van der Waals surface area contributed by atoms with Crippen molar-refractivity contribution in [1.82, 2.24) is 9.97 Å². The Bertz CT molecular complexity index is 1170. The van der Waals surface area contributed by atoms with Crippen LogP contribution >= 0.6 is 0 Å². The summed E-state index contributed by atoms with van der Waals surface area (Å²) in [6.45, 7) is 4.99. The van der Waals surface area contributed by atoms with Crippen LogP contribution in [0.4, 0.5) is 13.2 Å². The number of hydrogen-bond acceptors (Lipinski definition) is 6. The number of carboxylic acid groups (broad SMARTS) is 1. The second kappa shape index (κ2) is 19.5. The van der Waals surface area contributed by atoms with Gasteiger partial charge in [0.25, 0.3) is 0 Å². The molecular formula is C33H43F3N2O5. The summed E-state index contributed by atoms with van der Waals surface area (Å²) in [5, 5.41) is 18.0. The van der Waals surface area contributed by atoms with Gasteiger partial charge < -0.3 is 19.7 Å². The van der Waals surface area contributed by atoms with E-state index in [9.17, 15) is 23.1 Å². The third-order valence-electron chi connectivity index (χ3n) is 6.56. The highest BCUT2D eigenvalue weighted by atomic mass is 19.4. The van der Waals surface area contributed by atoms with E-state index in [1.807, 2.05) is 6.92 Å². The van der Waals surface area contributed by atoms with Crippen LogP contribution in [-0.2, 0) is 4.74 Å². The molecule has 1 heterocycles. The van der Waals surface area contributed by atoms with Crippen molar-refractivity contribution in [2.45, 2.75) is 90.3 Å². The number of alkyl halides is 3. The first kappa shape index (κ1) is 35.5. The van der Waals surface area contributed by atoms with Gasteiger partial charge >= 0.3 is 12.1 Å². The Hall–Kier alpha value is -3.66. The summed E-state index contributed by atoms with van der Waals surface area (Å²) in [7, 11) is 0. The zero-order chi connectivity index (χ0) is 31.5. The quantitative estimate of drug-likeness (QED) is 0.148. The van der Waals surface area contributed by atoms with Gasteiger partial charge in [0.15, 0.2) is 17.7 Å². The smallest absolute Gasteiger partial charge is 0.418 e. The molecule has 0 aliphatic heterocycles. The number of aromatic carboxylic acids is 1.